The lowest BCUT2D eigenvalue weighted by Gasteiger charge is -2.17. The summed E-state index contributed by atoms with van der Waals surface area (Å²) in [6.07, 6.45) is -1.85. The fourth-order valence-electron chi connectivity index (χ4n) is 3.76. The van der Waals surface area contributed by atoms with E-state index in [0.29, 0.717) is 32.8 Å². The highest BCUT2D eigenvalue weighted by molar-refractivity contribution is 9.10. The van der Waals surface area contributed by atoms with E-state index in [1.807, 2.05) is 26.8 Å². The summed E-state index contributed by atoms with van der Waals surface area (Å²) in [6, 6.07) is 8.67. The largest absolute Gasteiger partial charge is 0.495 e. The number of alkyl halides is 3. The van der Waals surface area contributed by atoms with E-state index in [-0.39, 0.29) is 17.4 Å². The molecule has 192 valence electrons. The molecule has 2 heterocycles. The smallest absolute Gasteiger partial charge is 0.416 e. The predicted molar refractivity (Wildman–Crippen MR) is 140 cm³/mol. The van der Waals surface area contributed by atoms with Crippen LogP contribution in [0.1, 0.15) is 35.3 Å². The van der Waals surface area contributed by atoms with E-state index in [0.717, 1.165) is 29.3 Å². The maximum atomic E-state index is 13.0. The minimum absolute atomic E-state index is 0.153. The van der Waals surface area contributed by atoms with Crippen LogP contribution in [-0.4, -0.2) is 34.0 Å². The number of aryl methyl sites for hydroxylation is 1. The summed E-state index contributed by atoms with van der Waals surface area (Å²) in [5.41, 5.74) is 2.25. The molecule has 0 spiro atoms. The van der Waals surface area contributed by atoms with Crippen molar-refractivity contribution in [3.05, 3.63) is 70.0 Å². The SMILES string of the molecule is COc1c(-c2cc(C(=O)Nc3cc(C(F)(F)F)ccn3)ccc2C)cc2cnc(NC(C)C)nc2c1Br. The Morgan fingerprint density at radius 1 is 1.08 bits per heavy atom. The number of anilines is 2. The Morgan fingerprint density at radius 2 is 1.84 bits per heavy atom. The van der Waals surface area contributed by atoms with Crippen LogP contribution in [-0.2, 0) is 6.18 Å². The zero-order chi connectivity index (χ0) is 26.9. The molecule has 0 aliphatic carbocycles. The number of amides is 1. The Morgan fingerprint density at radius 3 is 2.51 bits per heavy atom. The van der Waals surface area contributed by atoms with Crippen LogP contribution in [0.5, 0.6) is 5.75 Å². The molecule has 0 saturated carbocycles. The molecule has 0 aliphatic heterocycles. The van der Waals surface area contributed by atoms with Gasteiger partial charge in [0.15, 0.2) is 0 Å². The molecule has 37 heavy (non-hydrogen) atoms. The average molecular weight is 574 g/mol. The predicted octanol–water partition coefficient (Wildman–Crippen LogP) is 6.86. The highest BCUT2D eigenvalue weighted by Gasteiger charge is 2.31. The highest BCUT2D eigenvalue weighted by atomic mass is 79.9. The van der Waals surface area contributed by atoms with Crippen LogP contribution in [0.3, 0.4) is 0 Å². The first-order chi connectivity index (χ1) is 17.5. The number of methoxy groups -OCH3 is 1. The molecule has 11 heteroatoms. The molecule has 0 aliphatic rings. The van der Waals surface area contributed by atoms with Gasteiger partial charge in [0.2, 0.25) is 5.95 Å². The molecule has 0 radical (unpaired) electrons. The summed E-state index contributed by atoms with van der Waals surface area (Å²) in [6.45, 7) is 5.86. The number of rotatable bonds is 6. The molecule has 4 aromatic rings. The summed E-state index contributed by atoms with van der Waals surface area (Å²) in [5.74, 6) is 0.202. The first kappa shape index (κ1) is 26.3. The minimum Gasteiger partial charge on any atom is -0.495 e. The van der Waals surface area contributed by atoms with Crippen LogP contribution in [0.15, 0.2) is 53.3 Å². The molecule has 2 aromatic heterocycles. The average Bonchev–Trinajstić information content (AvgIpc) is 2.84. The monoisotopic (exact) mass is 573 g/mol. The number of fused-ring (bicyclic) bond motifs is 1. The lowest BCUT2D eigenvalue weighted by molar-refractivity contribution is -0.137. The number of hydrogen-bond acceptors (Lipinski definition) is 6. The Bertz CT molecular complexity index is 1490. The van der Waals surface area contributed by atoms with Gasteiger partial charge in [-0.2, -0.15) is 13.2 Å². The maximum Gasteiger partial charge on any atom is 0.416 e. The normalized spacial score (nSPS) is 11.6. The molecular weight excluding hydrogens is 551 g/mol. The van der Waals surface area contributed by atoms with E-state index >= 15 is 0 Å². The van der Waals surface area contributed by atoms with Gasteiger partial charge in [-0.3, -0.25) is 4.79 Å². The summed E-state index contributed by atoms with van der Waals surface area (Å²) < 4.78 is 45.4. The van der Waals surface area contributed by atoms with E-state index < -0.39 is 17.6 Å². The van der Waals surface area contributed by atoms with Crippen molar-refractivity contribution in [2.24, 2.45) is 0 Å². The molecule has 7 nitrogen and oxygen atoms in total. The van der Waals surface area contributed by atoms with Crippen LogP contribution < -0.4 is 15.4 Å². The van der Waals surface area contributed by atoms with Crippen molar-refractivity contribution in [3.8, 4) is 16.9 Å². The van der Waals surface area contributed by atoms with Gasteiger partial charge in [-0.15, -0.1) is 0 Å². The number of nitrogens with zero attached hydrogens (tertiary/aromatic N) is 3. The van der Waals surface area contributed by atoms with E-state index in [4.69, 9.17) is 4.74 Å². The summed E-state index contributed by atoms with van der Waals surface area (Å²) >= 11 is 3.61. The Kier molecular flexibility index (Phi) is 7.35. The third kappa shape index (κ3) is 5.66. The zero-order valence-electron chi connectivity index (χ0n) is 20.4. The topological polar surface area (TPSA) is 89.0 Å². The molecule has 1 amide bonds. The number of halogens is 4. The van der Waals surface area contributed by atoms with E-state index in [1.54, 1.807) is 24.4 Å². The number of pyridine rings is 1. The van der Waals surface area contributed by atoms with Crippen LogP contribution in [0.25, 0.3) is 22.0 Å². The van der Waals surface area contributed by atoms with Crippen molar-refractivity contribution in [1.82, 2.24) is 15.0 Å². The van der Waals surface area contributed by atoms with Crippen molar-refractivity contribution in [2.75, 3.05) is 17.7 Å². The van der Waals surface area contributed by atoms with Gasteiger partial charge in [-0.25, -0.2) is 15.0 Å². The fraction of sp³-hybridized carbons (Fsp3) is 0.231. The minimum atomic E-state index is -4.55. The molecule has 0 fully saturated rings. The molecule has 0 atom stereocenters. The van der Waals surface area contributed by atoms with Gasteiger partial charge in [-0.1, -0.05) is 6.07 Å². The molecule has 4 rings (SSSR count). The first-order valence-corrected chi connectivity index (χ1v) is 12.0. The van der Waals surface area contributed by atoms with E-state index in [9.17, 15) is 18.0 Å². The molecule has 0 bridgehead atoms. The third-order valence-electron chi connectivity index (χ3n) is 5.51. The van der Waals surface area contributed by atoms with Crippen LogP contribution >= 0.6 is 15.9 Å². The number of carbonyl (C=O) groups excluding carboxylic acids is 1. The number of ether oxygens (including phenoxy) is 1. The maximum absolute atomic E-state index is 13.0. The quantitative estimate of drug-likeness (QED) is 0.262. The van der Waals surface area contributed by atoms with Crippen LogP contribution in [0, 0.1) is 6.92 Å². The first-order valence-electron chi connectivity index (χ1n) is 11.2. The van der Waals surface area contributed by atoms with Crippen molar-refractivity contribution in [2.45, 2.75) is 33.0 Å². The zero-order valence-corrected chi connectivity index (χ0v) is 22.0. The van der Waals surface area contributed by atoms with Gasteiger partial charge >= 0.3 is 6.18 Å². The van der Waals surface area contributed by atoms with Crippen LogP contribution in [0.4, 0.5) is 24.9 Å². The van der Waals surface area contributed by atoms with Gasteiger partial charge in [0, 0.05) is 34.9 Å². The standard InChI is InChI=1S/C26H23BrF3N5O2/c1-13(2)33-25-32-12-16-10-19(23(37-4)21(27)22(16)35-25)18-9-15(6-5-14(18)3)24(36)34-20-11-17(7-8-31-20)26(28,29)30/h5-13H,1-4H3,(H,31,34,36)(H,32,33,35). The molecule has 2 aromatic carbocycles. The lowest BCUT2D eigenvalue weighted by atomic mass is 9.96. The Balaban J connectivity index is 1.74. The van der Waals surface area contributed by atoms with Gasteiger partial charge < -0.3 is 15.4 Å². The Labute approximate surface area is 219 Å². The van der Waals surface area contributed by atoms with Gasteiger partial charge in [0.1, 0.15) is 11.6 Å². The number of carbonyl (C=O) groups is 1. The number of hydrogen-bond donors (Lipinski definition) is 2. The summed E-state index contributed by atoms with van der Waals surface area (Å²) in [7, 11) is 1.54. The molecule has 0 saturated heterocycles. The third-order valence-corrected chi connectivity index (χ3v) is 6.25. The lowest BCUT2D eigenvalue weighted by Crippen LogP contribution is -2.14. The van der Waals surface area contributed by atoms with Crippen molar-refractivity contribution in [3.63, 3.8) is 0 Å². The van der Waals surface area contributed by atoms with Gasteiger partial charge in [0.25, 0.3) is 5.91 Å². The number of nitrogens with one attached hydrogen (secondary N) is 2. The molecule has 0 unspecified atom stereocenters. The van der Waals surface area contributed by atoms with Crippen LogP contribution in [0.2, 0.25) is 0 Å². The van der Waals surface area contributed by atoms with E-state index in [1.165, 1.54) is 7.11 Å². The van der Waals surface area contributed by atoms with Gasteiger partial charge in [0.05, 0.1) is 22.7 Å². The fourth-order valence-corrected chi connectivity index (χ4v) is 4.46. The summed E-state index contributed by atoms with van der Waals surface area (Å²) in [5, 5.41) is 6.36. The highest BCUT2D eigenvalue weighted by Crippen LogP contribution is 2.42. The number of aromatic nitrogens is 3. The second kappa shape index (κ2) is 10.3. The summed E-state index contributed by atoms with van der Waals surface area (Å²) in [4.78, 5) is 25.7. The van der Waals surface area contributed by atoms with Crippen molar-refractivity contribution >= 4 is 44.5 Å². The molecule has 2 N–H and O–H groups in total. The van der Waals surface area contributed by atoms with Crippen molar-refractivity contribution in [1.29, 1.82) is 0 Å². The second-order valence-electron chi connectivity index (χ2n) is 8.61. The number of benzene rings is 2. The second-order valence-corrected chi connectivity index (χ2v) is 9.41. The van der Waals surface area contributed by atoms with Crippen molar-refractivity contribution < 1.29 is 22.7 Å². The van der Waals surface area contributed by atoms with Gasteiger partial charge in [-0.05, 0) is 78.2 Å². The molecular formula is C26H23BrF3N5O2. The Hall–Kier alpha value is -3.73. The van der Waals surface area contributed by atoms with E-state index in [2.05, 4.69) is 41.5 Å².